The van der Waals surface area contributed by atoms with Crippen LogP contribution in [-0.4, -0.2) is 37.8 Å². The Bertz CT molecular complexity index is 5460. The van der Waals surface area contributed by atoms with E-state index in [0.29, 0.717) is 17.6 Å². The van der Waals surface area contributed by atoms with Gasteiger partial charge in [0.25, 0.3) is 0 Å². The van der Waals surface area contributed by atoms with Crippen molar-refractivity contribution >= 4 is 109 Å². The maximum Gasteiger partial charge on any atom is 0.238 e. The minimum atomic E-state index is 0.523. The minimum absolute atomic E-state index is 0.523. The Kier molecular flexibility index (Phi) is 10.1. The van der Waals surface area contributed by atoms with Crippen molar-refractivity contribution in [1.82, 2.24) is 37.8 Å². The molecule has 8 heteroatoms. The average molecular weight is 1090 g/mol. The van der Waals surface area contributed by atoms with Gasteiger partial charge in [-0.3, -0.25) is 4.57 Å². The van der Waals surface area contributed by atoms with Gasteiger partial charge in [-0.05, 0) is 97.8 Å². The van der Waals surface area contributed by atoms with Gasteiger partial charge < -0.3 is 18.3 Å². The van der Waals surface area contributed by atoms with Gasteiger partial charge in [0.1, 0.15) is 0 Å². The lowest BCUT2D eigenvalue weighted by atomic mass is 10.1. The van der Waals surface area contributed by atoms with Crippen LogP contribution in [0.5, 0.6) is 0 Å². The minimum Gasteiger partial charge on any atom is -0.307 e. The van der Waals surface area contributed by atoms with Crippen molar-refractivity contribution in [3.63, 3.8) is 0 Å². The van der Waals surface area contributed by atoms with Crippen LogP contribution in [0.25, 0.3) is 161 Å². The van der Waals surface area contributed by atoms with Crippen LogP contribution in [0.2, 0.25) is 0 Å². The van der Waals surface area contributed by atoms with Gasteiger partial charge in [-0.15, -0.1) is 0 Å². The van der Waals surface area contributed by atoms with Gasteiger partial charge >= 0.3 is 0 Å². The molecule has 12 aromatic carbocycles. The highest BCUT2D eigenvalue weighted by atomic mass is 15.2. The molecule has 85 heavy (non-hydrogen) atoms. The summed E-state index contributed by atoms with van der Waals surface area (Å²) in [4.78, 5) is 16.2. The molecule has 0 N–H and O–H groups in total. The van der Waals surface area contributed by atoms with Crippen LogP contribution in [0.3, 0.4) is 0 Å². The van der Waals surface area contributed by atoms with Crippen molar-refractivity contribution in [3.8, 4) is 51.5 Å². The topological polar surface area (TPSA) is 63.3 Å². The lowest BCUT2D eigenvalue weighted by Crippen LogP contribution is -2.07. The zero-order chi connectivity index (χ0) is 56.0. The van der Waals surface area contributed by atoms with Gasteiger partial charge in [-0.25, -0.2) is 4.98 Å². The van der Waals surface area contributed by atoms with E-state index in [2.05, 4.69) is 267 Å². The number of aryl methyl sites for hydroxylation is 2. The SMILES string of the molecule is Cc1cccc(-n2c3ccccc3c3ccc4c5ccccc5n(-c5ccc6c7ccc(-n8c9ccccc9c9ccc%10c%11ccccc%11n(-c%11cccc(C)c%11)c%10c98)cc7n(-c7nc(-c8ccccc8)nc(-c8ccccc8)n7)c6c5)c4c32)c1. The molecule has 0 fully saturated rings. The predicted molar refractivity (Wildman–Crippen MR) is 352 cm³/mol. The quantitative estimate of drug-likeness (QED) is 0.160. The summed E-state index contributed by atoms with van der Waals surface area (Å²) < 4.78 is 12.2. The number of para-hydroxylation sites is 4. The predicted octanol–water partition coefficient (Wildman–Crippen LogP) is 19.3. The third kappa shape index (κ3) is 6.94. The van der Waals surface area contributed by atoms with Crippen molar-refractivity contribution in [2.45, 2.75) is 13.8 Å². The Morgan fingerprint density at radius 2 is 0.529 bits per heavy atom. The number of fused-ring (bicyclic) bond motifs is 17. The molecule has 6 heterocycles. The molecule has 0 aliphatic carbocycles. The normalized spacial score (nSPS) is 12.1. The average Bonchev–Trinajstić information content (AvgIpc) is 1.81. The van der Waals surface area contributed by atoms with Crippen LogP contribution in [-0.2, 0) is 0 Å². The lowest BCUT2D eigenvalue weighted by molar-refractivity contribution is 0.952. The van der Waals surface area contributed by atoms with Gasteiger partial charge in [0.05, 0.1) is 55.2 Å². The first-order chi connectivity index (χ1) is 42.0. The van der Waals surface area contributed by atoms with E-state index < -0.39 is 0 Å². The number of hydrogen-bond donors (Lipinski definition) is 0. The van der Waals surface area contributed by atoms with Crippen LogP contribution in [0, 0.1) is 13.8 Å². The summed E-state index contributed by atoms with van der Waals surface area (Å²) in [5, 5.41) is 11.7. The molecule has 0 spiro atoms. The van der Waals surface area contributed by atoms with Crippen molar-refractivity contribution in [2.75, 3.05) is 0 Å². The van der Waals surface area contributed by atoms with E-state index in [1.54, 1.807) is 0 Å². The Hall–Kier alpha value is -11.4. The Morgan fingerprint density at radius 1 is 0.224 bits per heavy atom. The Labute approximate surface area is 487 Å². The summed E-state index contributed by atoms with van der Waals surface area (Å²) in [5.74, 6) is 1.71. The number of rotatable bonds is 7. The molecule has 0 unspecified atom stereocenters. The number of nitrogens with zero attached hydrogens (tertiary/aromatic N) is 8. The summed E-state index contributed by atoms with van der Waals surface area (Å²) in [5.41, 5.74) is 19.6. The molecule has 0 saturated carbocycles. The fraction of sp³-hybridized carbons (Fsp3) is 0.0260. The maximum atomic E-state index is 5.51. The molecule has 0 bridgehead atoms. The van der Waals surface area contributed by atoms with E-state index in [0.717, 1.165) is 99.8 Å². The highest BCUT2D eigenvalue weighted by Gasteiger charge is 2.26. The second-order valence-electron chi connectivity index (χ2n) is 22.6. The summed E-state index contributed by atoms with van der Waals surface area (Å²) in [6.07, 6.45) is 0. The molecule has 18 aromatic rings. The number of aromatic nitrogens is 8. The number of benzene rings is 12. The van der Waals surface area contributed by atoms with E-state index >= 15 is 0 Å². The van der Waals surface area contributed by atoms with E-state index in [4.69, 9.17) is 15.0 Å². The second kappa shape index (κ2) is 18.1. The standard InChI is InChI=1S/C77H50N8/c1-47-19-17-25-51(43-47)81-65-31-13-9-27-55(65)61-39-41-63-57-29-11-15-33-67(57)83(73(63)71(61)81)53-35-37-59-60-38-36-54(46-70(60)85(69(59)45-53)77-79-75(49-21-5-3-6-22-49)78-76(80-77)50-23-7-4-8-24-50)84-68-34-16-12-30-58(68)64-42-40-62-56-28-10-14-32-66(56)82(72(62)74(64)84)52-26-18-20-48(2)44-52/h3-46H,1-2H3. The fourth-order valence-electron chi connectivity index (χ4n) is 14.0. The molecule has 18 rings (SSSR count). The van der Waals surface area contributed by atoms with E-state index in [9.17, 15) is 0 Å². The fourth-order valence-corrected chi connectivity index (χ4v) is 14.0. The largest absolute Gasteiger partial charge is 0.307 e. The molecular formula is C77H50N8. The molecule has 398 valence electrons. The molecule has 0 radical (unpaired) electrons. The molecule has 0 amide bonds. The van der Waals surface area contributed by atoms with Gasteiger partial charge in [0.15, 0.2) is 11.6 Å². The molecule has 8 nitrogen and oxygen atoms in total. The van der Waals surface area contributed by atoms with Gasteiger partial charge in [-0.1, -0.05) is 194 Å². The first-order valence-electron chi connectivity index (χ1n) is 29.0. The van der Waals surface area contributed by atoms with Crippen molar-refractivity contribution < 1.29 is 0 Å². The van der Waals surface area contributed by atoms with Gasteiger partial charge in [0.2, 0.25) is 5.95 Å². The maximum absolute atomic E-state index is 5.51. The number of hydrogen-bond acceptors (Lipinski definition) is 3. The molecule has 0 saturated heterocycles. The highest BCUT2D eigenvalue weighted by molar-refractivity contribution is 6.26. The smallest absolute Gasteiger partial charge is 0.238 e. The molecule has 0 aliphatic rings. The van der Waals surface area contributed by atoms with Gasteiger partial charge in [-0.2, -0.15) is 9.97 Å². The molecule has 6 aromatic heterocycles. The first kappa shape index (κ1) is 47.3. The third-order valence-corrected chi connectivity index (χ3v) is 17.6. The molecule has 0 atom stereocenters. The Balaban J connectivity index is 0.975. The summed E-state index contributed by atoms with van der Waals surface area (Å²) in [6, 6.07) is 96.8. The van der Waals surface area contributed by atoms with Crippen molar-refractivity contribution in [3.05, 3.63) is 278 Å². The van der Waals surface area contributed by atoms with Crippen LogP contribution < -0.4 is 0 Å². The van der Waals surface area contributed by atoms with Gasteiger partial charge in [0, 0.05) is 87.7 Å². The summed E-state index contributed by atoms with van der Waals surface area (Å²) in [7, 11) is 0. The molecular weight excluding hydrogens is 1040 g/mol. The van der Waals surface area contributed by atoms with Crippen LogP contribution in [0.1, 0.15) is 11.1 Å². The highest BCUT2D eigenvalue weighted by Crippen LogP contribution is 2.46. The lowest BCUT2D eigenvalue weighted by Gasteiger charge is -2.15. The van der Waals surface area contributed by atoms with Crippen molar-refractivity contribution in [2.24, 2.45) is 0 Å². The Morgan fingerprint density at radius 3 is 0.882 bits per heavy atom. The zero-order valence-corrected chi connectivity index (χ0v) is 46.5. The summed E-state index contributed by atoms with van der Waals surface area (Å²) >= 11 is 0. The molecule has 0 aliphatic heterocycles. The monoisotopic (exact) mass is 1090 g/mol. The third-order valence-electron chi connectivity index (χ3n) is 17.6. The van der Waals surface area contributed by atoms with Crippen molar-refractivity contribution in [1.29, 1.82) is 0 Å². The first-order valence-corrected chi connectivity index (χ1v) is 29.0. The van der Waals surface area contributed by atoms with Crippen LogP contribution in [0.15, 0.2) is 267 Å². The van der Waals surface area contributed by atoms with Crippen LogP contribution in [0.4, 0.5) is 0 Å². The van der Waals surface area contributed by atoms with E-state index in [1.807, 2.05) is 36.4 Å². The summed E-state index contributed by atoms with van der Waals surface area (Å²) in [6.45, 7) is 4.35. The van der Waals surface area contributed by atoms with Crippen LogP contribution >= 0.6 is 0 Å². The van der Waals surface area contributed by atoms with E-state index in [1.165, 1.54) is 54.2 Å². The van der Waals surface area contributed by atoms with E-state index in [-0.39, 0.29) is 0 Å². The zero-order valence-electron chi connectivity index (χ0n) is 46.5. The second-order valence-corrected chi connectivity index (χ2v) is 22.6.